The molecule has 1 unspecified atom stereocenters. The van der Waals surface area contributed by atoms with E-state index in [1.807, 2.05) is 0 Å². The van der Waals surface area contributed by atoms with Crippen LogP contribution < -0.4 is 10.6 Å². The van der Waals surface area contributed by atoms with Crippen molar-refractivity contribution in [3.63, 3.8) is 0 Å². The van der Waals surface area contributed by atoms with Crippen molar-refractivity contribution in [1.82, 2.24) is 10.6 Å². The van der Waals surface area contributed by atoms with Gasteiger partial charge in [0.25, 0.3) is 0 Å². The van der Waals surface area contributed by atoms with Gasteiger partial charge in [0.2, 0.25) is 5.91 Å². The Bertz CT molecular complexity index is 512. The third kappa shape index (κ3) is 6.99. The van der Waals surface area contributed by atoms with E-state index in [9.17, 15) is 4.79 Å². The number of rotatable bonds is 9. The van der Waals surface area contributed by atoms with Crippen LogP contribution >= 0.6 is 11.6 Å². The highest BCUT2D eigenvalue weighted by molar-refractivity contribution is 6.18. The first kappa shape index (κ1) is 20.3. The van der Waals surface area contributed by atoms with E-state index >= 15 is 0 Å². The zero-order valence-corrected chi connectivity index (χ0v) is 16.3. The summed E-state index contributed by atoms with van der Waals surface area (Å²) < 4.78 is 0. The van der Waals surface area contributed by atoms with E-state index in [0.29, 0.717) is 11.9 Å². The number of benzene rings is 1. The topological polar surface area (TPSA) is 41.1 Å². The highest BCUT2D eigenvalue weighted by Gasteiger charge is 2.23. The summed E-state index contributed by atoms with van der Waals surface area (Å²) in [5.41, 5.74) is 2.35. The van der Waals surface area contributed by atoms with Gasteiger partial charge in [-0.2, -0.15) is 0 Å². The lowest BCUT2D eigenvalue weighted by molar-refractivity contribution is -0.123. The van der Waals surface area contributed by atoms with E-state index in [1.165, 1.54) is 31.2 Å². The molecule has 4 heteroatoms. The molecule has 0 radical (unpaired) electrons. The van der Waals surface area contributed by atoms with Gasteiger partial charge in [0, 0.05) is 25.0 Å². The minimum atomic E-state index is -0.0405. The SMILES string of the molecule is CCCC(C(=O)NC1CCCCCC1)c1cccc(CNCCCl)c1. The van der Waals surface area contributed by atoms with Crippen molar-refractivity contribution in [2.24, 2.45) is 0 Å². The summed E-state index contributed by atoms with van der Waals surface area (Å²) in [7, 11) is 0. The van der Waals surface area contributed by atoms with Crippen LogP contribution in [-0.4, -0.2) is 24.4 Å². The van der Waals surface area contributed by atoms with Crippen LogP contribution in [0.2, 0.25) is 0 Å². The predicted molar refractivity (Wildman–Crippen MR) is 106 cm³/mol. The van der Waals surface area contributed by atoms with Crippen molar-refractivity contribution in [2.75, 3.05) is 12.4 Å². The Morgan fingerprint density at radius 3 is 2.68 bits per heavy atom. The average Bonchev–Trinajstić information content (AvgIpc) is 2.89. The fourth-order valence-electron chi connectivity index (χ4n) is 3.68. The number of hydrogen-bond acceptors (Lipinski definition) is 2. The first-order valence-corrected chi connectivity index (χ1v) is 10.4. The molecular weight excluding hydrogens is 332 g/mol. The first-order valence-electron chi connectivity index (χ1n) is 9.90. The van der Waals surface area contributed by atoms with Crippen molar-refractivity contribution in [3.8, 4) is 0 Å². The number of amides is 1. The fraction of sp³-hybridized carbons (Fsp3) is 0.667. The maximum absolute atomic E-state index is 12.9. The van der Waals surface area contributed by atoms with Crippen LogP contribution in [0, 0.1) is 0 Å². The molecule has 1 aliphatic carbocycles. The first-order chi connectivity index (χ1) is 12.2. The lowest BCUT2D eigenvalue weighted by Gasteiger charge is -2.22. The molecule has 0 bridgehead atoms. The smallest absolute Gasteiger partial charge is 0.227 e. The van der Waals surface area contributed by atoms with Gasteiger partial charge in [-0.3, -0.25) is 4.79 Å². The zero-order valence-electron chi connectivity index (χ0n) is 15.5. The molecule has 0 aromatic heterocycles. The molecule has 1 atom stereocenters. The van der Waals surface area contributed by atoms with Gasteiger partial charge in [-0.05, 0) is 30.4 Å². The van der Waals surface area contributed by atoms with Crippen LogP contribution in [-0.2, 0) is 11.3 Å². The lowest BCUT2D eigenvalue weighted by atomic mass is 9.91. The summed E-state index contributed by atoms with van der Waals surface area (Å²) in [6.07, 6.45) is 9.27. The number of nitrogens with one attached hydrogen (secondary N) is 2. The molecule has 0 saturated heterocycles. The number of halogens is 1. The molecule has 1 aromatic carbocycles. The average molecular weight is 365 g/mol. The second-order valence-corrected chi connectivity index (χ2v) is 7.53. The Hall–Kier alpha value is -1.06. The molecule has 1 aromatic rings. The Balaban J connectivity index is 2.02. The van der Waals surface area contributed by atoms with Crippen LogP contribution in [0.3, 0.4) is 0 Å². The van der Waals surface area contributed by atoms with Gasteiger partial charge in [0.1, 0.15) is 0 Å². The van der Waals surface area contributed by atoms with E-state index < -0.39 is 0 Å². The van der Waals surface area contributed by atoms with Crippen molar-refractivity contribution < 1.29 is 4.79 Å². The summed E-state index contributed by atoms with van der Waals surface area (Å²) in [5.74, 6) is 0.780. The summed E-state index contributed by atoms with van der Waals surface area (Å²) in [6, 6.07) is 8.81. The normalized spacial score (nSPS) is 17.0. The molecule has 2 rings (SSSR count). The largest absolute Gasteiger partial charge is 0.353 e. The molecule has 2 N–H and O–H groups in total. The minimum absolute atomic E-state index is 0.0405. The molecule has 0 aliphatic heterocycles. The van der Waals surface area contributed by atoms with Crippen LogP contribution in [0.15, 0.2) is 24.3 Å². The minimum Gasteiger partial charge on any atom is -0.353 e. The van der Waals surface area contributed by atoms with Gasteiger partial charge in [0.15, 0.2) is 0 Å². The fourth-order valence-corrected chi connectivity index (χ4v) is 3.82. The molecule has 1 amide bonds. The highest BCUT2D eigenvalue weighted by atomic mass is 35.5. The standard InChI is InChI=1S/C21H33ClN2O/c1-2-8-20(21(25)24-19-11-5-3-4-6-12-19)18-10-7-9-17(15-18)16-23-14-13-22/h7,9-10,15,19-20,23H,2-6,8,11-14,16H2,1H3,(H,24,25). The predicted octanol–water partition coefficient (Wildman–Crippen LogP) is 4.74. The molecule has 3 nitrogen and oxygen atoms in total. The van der Waals surface area contributed by atoms with E-state index in [0.717, 1.165) is 44.3 Å². The molecule has 0 spiro atoms. The van der Waals surface area contributed by atoms with Crippen LogP contribution in [0.1, 0.15) is 75.3 Å². The molecular formula is C21H33ClN2O. The van der Waals surface area contributed by atoms with E-state index in [-0.39, 0.29) is 11.8 Å². The van der Waals surface area contributed by atoms with Gasteiger partial charge < -0.3 is 10.6 Å². The van der Waals surface area contributed by atoms with Crippen molar-refractivity contribution in [2.45, 2.75) is 76.8 Å². The van der Waals surface area contributed by atoms with Crippen LogP contribution in [0.5, 0.6) is 0 Å². The van der Waals surface area contributed by atoms with Crippen molar-refractivity contribution in [1.29, 1.82) is 0 Å². The number of carbonyl (C=O) groups excluding carboxylic acids is 1. The molecule has 1 saturated carbocycles. The third-order valence-corrected chi connectivity index (χ3v) is 5.24. The van der Waals surface area contributed by atoms with Gasteiger partial charge in [0.05, 0.1) is 5.92 Å². The molecule has 1 aliphatic rings. The quantitative estimate of drug-likeness (QED) is 0.377. The molecule has 1 fully saturated rings. The summed E-state index contributed by atoms with van der Waals surface area (Å²) in [5, 5.41) is 6.66. The number of carbonyl (C=O) groups is 1. The van der Waals surface area contributed by atoms with Gasteiger partial charge in [-0.25, -0.2) is 0 Å². The van der Waals surface area contributed by atoms with Gasteiger partial charge >= 0.3 is 0 Å². The maximum Gasteiger partial charge on any atom is 0.227 e. The van der Waals surface area contributed by atoms with E-state index in [1.54, 1.807) is 0 Å². The molecule has 140 valence electrons. The Kier molecular flexibility index (Phi) is 9.35. The lowest BCUT2D eigenvalue weighted by Crippen LogP contribution is -2.37. The van der Waals surface area contributed by atoms with Crippen LogP contribution in [0.25, 0.3) is 0 Å². The summed E-state index contributed by atoms with van der Waals surface area (Å²) in [6.45, 7) is 3.74. The Morgan fingerprint density at radius 2 is 2.00 bits per heavy atom. The van der Waals surface area contributed by atoms with Gasteiger partial charge in [-0.15, -0.1) is 11.6 Å². The van der Waals surface area contributed by atoms with Crippen LogP contribution in [0.4, 0.5) is 0 Å². The summed E-state index contributed by atoms with van der Waals surface area (Å²) >= 11 is 5.72. The van der Waals surface area contributed by atoms with Gasteiger partial charge in [-0.1, -0.05) is 63.3 Å². The van der Waals surface area contributed by atoms with E-state index in [4.69, 9.17) is 11.6 Å². The van der Waals surface area contributed by atoms with E-state index in [2.05, 4.69) is 41.8 Å². The zero-order chi connectivity index (χ0) is 17.9. The Labute approximate surface area is 157 Å². The highest BCUT2D eigenvalue weighted by Crippen LogP contribution is 2.24. The monoisotopic (exact) mass is 364 g/mol. The maximum atomic E-state index is 12.9. The third-order valence-electron chi connectivity index (χ3n) is 5.05. The molecule has 25 heavy (non-hydrogen) atoms. The summed E-state index contributed by atoms with van der Waals surface area (Å²) in [4.78, 5) is 12.9. The number of hydrogen-bond donors (Lipinski definition) is 2. The Morgan fingerprint density at radius 1 is 1.24 bits per heavy atom. The van der Waals surface area contributed by atoms with Crippen molar-refractivity contribution >= 4 is 17.5 Å². The second kappa shape index (κ2) is 11.5. The molecule has 0 heterocycles. The number of alkyl halides is 1. The second-order valence-electron chi connectivity index (χ2n) is 7.15. The van der Waals surface area contributed by atoms with Crippen molar-refractivity contribution in [3.05, 3.63) is 35.4 Å².